The molecule has 0 saturated heterocycles. The van der Waals surface area contributed by atoms with Gasteiger partial charge in [-0.15, -0.1) is 0 Å². The Kier molecular flexibility index (Phi) is 3.33. The second-order valence-corrected chi connectivity index (χ2v) is 4.62. The zero-order valence-electron chi connectivity index (χ0n) is 8.43. The largest absolute Gasteiger partial charge is 0.394 e. The van der Waals surface area contributed by atoms with Crippen molar-refractivity contribution in [2.24, 2.45) is 0 Å². The smallest absolute Gasteiger partial charge is 0.271 e. The fourth-order valence-electron chi connectivity index (χ4n) is 1.39. The van der Waals surface area contributed by atoms with Crippen LogP contribution in [0.15, 0.2) is 29.2 Å². The fourth-order valence-corrected chi connectivity index (χ4v) is 1.99. The average molecular weight is 290 g/mol. The lowest BCUT2D eigenvalue weighted by atomic mass is 10.1. The van der Waals surface area contributed by atoms with Crippen molar-refractivity contribution in [2.45, 2.75) is 0 Å². The molecule has 1 aromatic heterocycles. The molecule has 0 saturated carbocycles. The Labute approximate surface area is 112 Å². The van der Waals surface area contributed by atoms with E-state index >= 15 is 0 Å². The van der Waals surface area contributed by atoms with Crippen molar-refractivity contribution in [3.05, 3.63) is 49.8 Å². The molecule has 6 heteroatoms. The first-order chi connectivity index (χ1) is 7.99. The van der Waals surface area contributed by atoms with E-state index in [1.165, 1.54) is 6.20 Å². The molecule has 0 atom stereocenters. The Bertz CT molecular complexity index is 614. The Morgan fingerprint density at radius 3 is 2.12 bits per heavy atom. The third-order valence-corrected chi connectivity index (χ3v) is 3.45. The molecule has 2 aromatic rings. The van der Waals surface area contributed by atoms with Crippen LogP contribution in [0.2, 0.25) is 15.1 Å². The Morgan fingerprint density at radius 2 is 1.59 bits per heavy atom. The van der Waals surface area contributed by atoms with Gasteiger partial charge in [0.05, 0.1) is 20.8 Å². The van der Waals surface area contributed by atoms with Crippen LogP contribution in [0.5, 0.6) is 0 Å². The predicted octanol–water partition coefficient (Wildman–Crippen LogP) is 3.58. The third-order valence-electron chi connectivity index (χ3n) is 2.25. The summed E-state index contributed by atoms with van der Waals surface area (Å²) in [6.07, 6.45) is 1.54. The highest BCUT2D eigenvalue weighted by Gasteiger charge is 2.08. The molecule has 0 unspecified atom stereocenters. The summed E-state index contributed by atoms with van der Waals surface area (Å²) in [5.74, 6) is 0. The van der Waals surface area contributed by atoms with E-state index in [-0.39, 0.29) is 11.2 Å². The molecule has 0 aliphatic heterocycles. The third kappa shape index (κ3) is 2.41. The van der Waals surface area contributed by atoms with Crippen LogP contribution in [0.25, 0.3) is 11.1 Å². The Hall–Kier alpha value is -1.16. The van der Waals surface area contributed by atoms with Crippen LogP contribution < -0.4 is 11.3 Å². The number of hydrogen-bond acceptors (Lipinski definition) is 2. The SMILES string of the molecule is Nc1cc(-c2cc(Cl)c(Cl)c(Cl)c2)c[nH]c1=O. The molecule has 88 valence electrons. The number of nitrogens with one attached hydrogen (secondary N) is 1. The molecule has 0 amide bonds. The summed E-state index contributed by atoms with van der Waals surface area (Å²) in [5.41, 5.74) is 6.76. The van der Waals surface area contributed by atoms with E-state index in [1.807, 2.05) is 0 Å². The van der Waals surface area contributed by atoms with Gasteiger partial charge in [0.1, 0.15) is 0 Å². The van der Waals surface area contributed by atoms with Crippen molar-refractivity contribution in [2.75, 3.05) is 5.73 Å². The lowest BCUT2D eigenvalue weighted by molar-refractivity contribution is 1.25. The molecular weight excluding hydrogens is 282 g/mol. The summed E-state index contributed by atoms with van der Waals surface area (Å²) in [4.78, 5) is 13.7. The van der Waals surface area contributed by atoms with E-state index in [0.29, 0.717) is 20.6 Å². The number of nitrogens with two attached hydrogens (primary N) is 1. The number of benzene rings is 1. The van der Waals surface area contributed by atoms with Gasteiger partial charge in [-0.3, -0.25) is 4.79 Å². The maximum absolute atomic E-state index is 11.1. The maximum Gasteiger partial charge on any atom is 0.271 e. The van der Waals surface area contributed by atoms with Crippen molar-refractivity contribution in [3.8, 4) is 11.1 Å². The van der Waals surface area contributed by atoms with Crippen LogP contribution in [0.1, 0.15) is 0 Å². The minimum Gasteiger partial charge on any atom is -0.394 e. The maximum atomic E-state index is 11.1. The van der Waals surface area contributed by atoms with Crippen molar-refractivity contribution >= 4 is 40.5 Å². The highest BCUT2D eigenvalue weighted by atomic mass is 35.5. The molecule has 0 radical (unpaired) electrons. The highest BCUT2D eigenvalue weighted by molar-refractivity contribution is 6.48. The van der Waals surface area contributed by atoms with Gasteiger partial charge < -0.3 is 10.7 Å². The Morgan fingerprint density at radius 1 is 1.00 bits per heavy atom. The van der Waals surface area contributed by atoms with Gasteiger partial charge in [0.15, 0.2) is 0 Å². The van der Waals surface area contributed by atoms with Gasteiger partial charge in [0.25, 0.3) is 5.56 Å². The molecule has 0 bridgehead atoms. The summed E-state index contributed by atoms with van der Waals surface area (Å²) in [6.45, 7) is 0. The molecule has 0 spiro atoms. The molecule has 1 heterocycles. The van der Waals surface area contributed by atoms with Crippen molar-refractivity contribution in [1.82, 2.24) is 4.98 Å². The van der Waals surface area contributed by atoms with Crippen LogP contribution in [-0.4, -0.2) is 4.98 Å². The fraction of sp³-hybridized carbons (Fsp3) is 0. The van der Waals surface area contributed by atoms with Gasteiger partial charge in [0, 0.05) is 11.8 Å². The molecular formula is C11H7Cl3N2O. The molecule has 0 aliphatic rings. The van der Waals surface area contributed by atoms with Crippen LogP contribution in [0, 0.1) is 0 Å². The molecule has 2 rings (SSSR count). The normalized spacial score (nSPS) is 10.5. The van der Waals surface area contributed by atoms with Gasteiger partial charge in [-0.2, -0.15) is 0 Å². The summed E-state index contributed by atoms with van der Waals surface area (Å²) in [6, 6.07) is 4.86. The molecule has 0 aliphatic carbocycles. The standard InChI is InChI=1S/C11H7Cl3N2O/c12-7-1-5(2-8(13)10(7)14)6-3-9(15)11(17)16-4-6/h1-4H,15H2,(H,16,17). The number of halogens is 3. The number of anilines is 1. The monoisotopic (exact) mass is 288 g/mol. The topological polar surface area (TPSA) is 58.9 Å². The lowest BCUT2D eigenvalue weighted by Gasteiger charge is -2.06. The summed E-state index contributed by atoms with van der Waals surface area (Å²) < 4.78 is 0. The average Bonchev–Trinajstić information content (AvgIpc) is 2.29. The Balaban J connectivity index is 2.61. The van der Waals surface area contributed by atoms with E-state index in [9.17, 15) is 4.79 Å². The number of aromatic nitrogens is 1. The first-order valence-electron chi connectivity index (χ1n) is 4.62. The number of nitrogen functional groups attached to an aromatic ring is 1. The lowest BCUT2D eigenvalue weighted by Crippen LogP contribution is -2.10. The summed E-state index contributed by atoms with van der Waals surface area (Å²) in [7, 11) is 0. The summed E-state index contributed by atoms with van der Waals surface area (Å²) in [5, 5.41) is 0.993. The van der Waals surface area contributed by atoms with Crippen molar-refractivity contribution < 1.29 is 0 Å². The zero-order valence-corrected chi connectivity index (χ0v) is 10.7. The summed E-state index contributed by atoms with van der Waals surface area (Å²) >= 11 is 17.7. The van der Waals surface area contributed by atoms with Gasteiger partial charge in [-0.25, -0.2) is 0 Å². The first kappa shape index (κ1) is 12.3. The second kappa shape index (κ2) is 4.61. The van der Waals surface area contributed by atoms with Gasteiger partial charge in [0.2, 0.25) is 0 Å². The van der Waals surface area contributed by atoms with Crippen LogP contribution >= 0.6 is 34.8 Å². The highest BCUT2D eigenvalue weighted by Crippen LogP contribution is 2.34. The van der Waals surface area contributed by atoms with Crippen LogP contribution in [-0.2, 0) is 0 Å². The van der Waals surface area contributed by atoms with Gasteiger partial charge in [-0.1, -0.05) is 34.8 Å². The van der Waals surface area contributed by atoms with Gasteiger partial charge in [-0.05, 0) is 23.8 Å². The van der Waals surface area contributed by atoms with E-state index in [2.05, 4.69) is 4.98 Å². The van der Waals surface area contributed by atoms with Crippen LogP contribution in [0.3, 0.4) is 0 Å². The van der Waals surface area contributed by atoms with Gasteiger partial charge >= 0.3 is 0 Å². The number of hydrogen-bond donors (Lipinski definition) is 2. The van der Waals surface area contributed by atoms with Crippen LogP contribution in [0.4, 0.5) is 5.69 Å². The predicted molar refractivity (Wildman–Crippen MR) is 71.9 cm³/mol. The zero-order chi connectivity index (χ0) is 12.6. The number of H-pyrrole nitrogens is 1. The quantitative estimate of drug-likeness (QED) is 0.788. The second-order valence-electron chi connectivity index (χ2n) is 3.43. The molecule has 3 N–H and O–H groups in total. The number of aromatic amines is 1. The molecule has 3 nitrogen and oxygen atoms in total. The molecule has 17 heavy (non-hydrogen) atoms. The molecule has 0 fully saturated rings. The van der Waals surface area contributed by atoms with E-state index < -0.39 is 0 Å². The minimum atomic E-state index is -0.333. The van der Waals surface area contributed by atoms with Crippen molar-refractivity contribution in [1.29, 1.82) is 0 Å². The molecule has 1 aromatic carbocycles. The van der Waals surface area contributed by atoms with Crippen molar-refractivity contribution in [3.63, 3.8) is 0 Å². The van der Waals surface area contributed by atoms with E-state index in [4.69, 9.17) is 40.5 Å². The minimum absolute atomic E-state index is 0.129. The van der Waals surface area contributed by atoms with E-state index in [1.54, 1.807) is 18.2 Å². The number of pyridine rings is 1. The number of rotatable bonds is 1. The first-order valence-corrected chi connectivity index (χ1v) is 5.75. The van der Waals surface area contributed by atoms with E-state index in [0.717, 1.165) is 5.56 Å².